The molecule has 0 radical (unpaired) electrons. The van der Waals surface area contributed by atoms with Crippen LogP contribution < -0.4 is 0 Å². The highest BCUT2D eigenvalue weighted by Crippen LogP contribution is 2.81. The highest BCUT2D eigenvalue weighted by atomic mass is 31.3. The minimum atomic E-state index is -5.96. The molecule has 0 fully saturated rings. The molecule has 2 rings (SSSR count). The molecular weight excluding hydrogens is 732 g/mol. The number of alkyl halides is 15. The van der Waals surface area contributed by atoms with Gasteiger partial charge in [-0.15, -0.1) is 13.5 Å². The molecule has 1 aliphatic carbocycles. The van der Waals surface area contributed by atoms with Gasteiger partial charge in [-0.1, -0.05) is 12.2 Å². The third-order valence-corrected chi connectivity index (χ3v) is 13.0. The van der Waals surface area contributed by atoms with Crippen molar-refractivity contribution in [3.8, 4) is 0 Å². The summed E-state index contributed by atoms with van der Waals surface area (Å²) in [6, 6.07) is 0. The Bertz CT molecular complexity index is 1100. The van der Waals surface area contributed by atoms with Crippen LogP contribution in [0, 0.1) is 0 Å². The van der Waals surface area contributed by atoms with Crippen molar-refractivity contribution in [3.63, 3.8) is 0 Å². The Balaban J connectivity index is 2.98. The smallest absolute Gasteiger partial charge is 0.303 e. The molecule has 0 N–H and O–H groups in total. The monoisotopic (exact) mass is 755 g/mol. The van der Waals surface area contributed by atoms with Crippen LogP contribution in [0.2, 0.25) is 0 Å². The van der Waals surface area contributed by atoms with Gasteiger partial charge in [0.25, 0.3) is 0 Å². The zero-order valence-corrected chi connectivity index (χ0v) is 24.8. The minimum absolute atomic E-state index is 0.110. The lowest BCUT2D eigenvalue weighted by molar-refractivity contribution is -0.163. The van der Waals surface area contributed by atoms with Gasteiger partial charge in [-0.2, -0.15) is 65.9 Å². The van der Waals surface area contributed by atoms with E-state index in [0.29, 0.717) is 6.42 Å². The van der Waals surface area contributed by atoms with Gasteiger partial charge in [0, 0.05) is 0 Å². The Morgan fingerprint density at radius 3 is 1.16 bits per heavy atom. The fourth-order valence-corrected chi connectivity index (χ4v) is 12.7. The zero-order valence-electron chi connectivity index (χ0n) is 22.1. The Kier molecular flexibility index (Phi) is 13.6. The largest absolute Gasteiger partial charge is 0.412 e. The summed E-state index contributed by atoms with van der Waals surface area (Å²) in [6.07, 6.45) is -25.0. The summed E-state index contributed by atoms with van der Waals surface area (Å²) >= 11 is 0. The van der Waals surface area contributed by atoms with Gasteiger partial charge in [-0.25, -0.2) is 0 Å². The fraction of sp³-hybridized carbons (Fsp3) is 0.889. The molecule has 0 aromatic heterocycles. The molecule has 45 heavy (non-hydrogen) atoms. The second-order valence-electron chi connectivity index (χ2n) is 8.89. The maximum absolute atomic E-state index is 13.3. The third kappa shape index (κ3) is 16.2. The van der Waals surface area contributed by atoms with Crippen LogP contribution in [0.15, 0.2) is 25.7 Å². The first-order valence-electron chi connectivity index (χ1n) is 12.0. The van der Waals surface area contributed by atoms with E-state index in [-0.39, 0.29) is 25.7 Å². The highest BCUT2D eigenvalue weighted by molar-refractivity contribution is 7.78. The number of hydrogen-bond donors (Lipinski definition) is 0. The second kappa shape index (κ2) is 15.1. The predicted molar refractivity (Wildman–Crippen MR) is 125 cm³/mol. The molecule has 0 bridgehead atoms. The molecular formula is C18H23F15N3O6P3. The van der Waals surface area contributed by atoms with E-state index in [1.807, 2.05) is 0 Å². The maximum atomic E-state index is 13.3. The van der Waals surface area contributed by atoms with Gasteiger partial charge in [-0.05, 0) is 32.1 Å². The summed E-state index contributed by atoms with van der Waals surface area (Å²) in [4.78, 5) is 0. The van der Waals surface area contributed by atoms with E-state index in [0.717, 1.165) is 0 Å². The lowest BCUT2D eigenvalue weighted by Gasteiger charge is -2.35. The average Bonchev–Trinajstić information content (AvgIpc) is 2.83. The molecule has 2 unspecified atom stereocenters. The zero-order chi connectivity index (χ0) is 34.4. The first-order chi connectivity index (χ1) is 20.2. The maximum Gasteiger partial charge on any atom is 0.412 e. The van der Waals surface area contributed by atoms with Gasteiger partial charge < -0.3 is 4.52 Å². The van der Waals surface area contributed by atoms with Crippen molar-refractivity contribution in [1.82, 2.24) is 0 Å². The molecule has 0 spiro atoms. The summed E-state index contributed by atoms with van der Waals surface area (Å²) in [5, 5.41) is 0. The van der Waals surface area contributed by atoms with Crippen molar-refractivity contribution in [2.24, 2.45) is 13.5 Å². The average molecular weight is 755 g/mol. The normalized spacial score (nSPS) is 25.4. The number of nitrogens with zero attached hydrogens (tertiary/aromatic N) is 3. The van der Waals surface area contributed by atoms with E-state index in [1.165, 1.54) is 0 Å². The topological polar surface area (TPSA) is 92.5 Å². The summed E-state index contributed by atoms with van der Waals surface area (Å²) in [5.41, 5.74) is 0. The first-order valence-corrected chi connectivity index (χ1v) is 16.6. The third-order valence-electron chi connectivity index (χ3n) is 4.67. The minimum Gasteiger partial charge on any atom is -0.303 e. The van der Waals surface area contributed by atoms with Gasteiger partial charge >= 0.3 is 53.9 Å². The molecule has 27 heteroatoms. The molecule has 9 nitrogen and oxygen atoms in total. The van der Waals surface area contributed by atoms with E-state index >= 15 is 0 Å². The van der Waals surface area contributed by atoms with E-state index in [4.69, 9.17) is 4.52 Å². The molecule has 0 aromatic rings. The van der Waals surface area contributed by atoms with Gasteiger partial charge in [0.15, 0.2) is 33.0 Å². The SMILES string of the molecule is FC(F)(F)COP1(OCC(F)(F)F)=NP(OCC(F)(F)F)(OCC(F)(F)F)=NP(OCC(F)(F)F)(OC2CC/C=C\CCC2)=N1. The Morgan fingerprint density at radius 2 is 0.778 bits per heavy atom. The molecule has 1 heterocycles. The predicted octanol–water partition coefficient (Wildman–Crippen LogP) is 10.6. The Labute approximate surface area is 244 Å². The van der Waals surface area contributed by atoms with Crippen LogP contribution in [0.4, 0.5) is 65.9 Å². The molecule has 0 saturated heterocycles. The standard InChI is InChI=1S/C18H23F15N3O6P3/c19-14(20,21)8-37-43(38-9-15(22,23)24)34-44(39-10-16(25,26)27,40-11-17(28,29)30)36-45(35-43,41-12-18(31,32)33)42-13-6-4-2-1-3-5-7-13/h1-2,13H,3-12H2/b2-1-. The molecule has 0 aromatic carbocycles. The van der Waals surface area contributed by atoms with Gasteiger partial charge in [0.05, 0.1) is 6.10 Å². The molecule has 2 aliphatic rings. The molecule has 2 atom stereocenters. The number of hydrogen-bond acceptors (Lipinski definition) is 9. The van der Waals surface area contributed by atoms with Crippen LogP contribution in [-0.2, 0) is 27.1 Å². The van der Waals surface area contributed by atoms with Crippen LogP contribution in [-0.4, -0.2) is 70.0 Å². The molecule has 266 valence electrons. The van der Waals surface area contributed by atoms with Crippen molar-refractivity contribution in [2.45, 2.75) is 69.1 Å². The van der Waals surface area contributed by atoms with Crippen molar-refractivity contribution >= 4 is 23.0 Å². The van der Waals surface area contributed by atoms with Gasteiger partial charge in [0.2, 0.25) is 0 Å². The van der Waals surface area contributed by atoms with E-state index in [9.17, 15) is 65.9 Å². The highest BCUT2D eigenvalue weighted by Gasteiger charge is 2.50. The van der Waals surface area contributed by atoms with Crippen LogP contribution in [0.5, 0.6) is 0 Å². The molecule has 0 saturated carbocycles. The fourth-order valence-electron chi connectivity index (χ4n) is 3.10. The van der Waals surface area contributed by atoms with Crippen LogP contribution >= 0.6 is 23.0 Å². The lowest BCUT2D eigenvalue weighted by Crippen LogP contribution is -2.23. The van der Waals surface area contributed by atoms with Gasteiger partial charge in [-0.3, -0.25) is 22.6 Å². The molecule has 0 amide bonds. The Hall–Kier alpha value is -0.860. The quantitative estimate of drug-likeness (QED) is 0.112. The number of allylic oxidation sites excluding steroid dienone is 2. The summed E-state index contributed by atoms with van der Waals surface area (Å²) in [5.74, 6) is 0. The van der Waals surface area contributed by atoms with Crippen molar-refractivity contribution in [1.29, 1.82) is 0 Å². The second-order valence-corrected chi connectivity index (χ2v) is 15.5. The van der Waals surface area contributed by atoms with Crippen LogP contribution in [0.1, 0.15) is 32.1 Å². The first kappa shape index (κ1) is 40.3. The van der Waals surface area contributed by atoms with Crippen molar-refractivity contribution in [3.05, 3.63) is 12.2 Å². The summed E-state index contributed by atoms with van der Waals surface area (Å²) < 4.78 is 235. The van der Waals surface area contributed by atoms with Crippen molar-refractivity contribution in [2.75, 3.05) is 33.0 Å². The number of halogens is 15. The Morgan fingerprint density at radius 1 is 0.467 bits per heavy atom. The number of rotatable bonds is 12. The van der Waals surface area contributed by atoms with E-state index < -0.39 is 93.0 Å². The van der Waals surface area contributed by atoms with Crippen LogP contribution in [0.3, 0.4) is 0 Å². The summed E-state index contributed by atoms with van der Waals surface area (Å²) in [6.45, 7) is -13.1. The van der Waals surface area contributed by atoms with E-state index in [1.54, 1.807) is 12.2 Å². The molecule has 1 aliphatic heterocycles. The van der Waals surface area contributed by atoms with E-state index in [2.05, 4.69) is 36.2 Å². The summed E-state index contributed by atoms with van der Waals surface area (Å²) in [7, 11) is -17.5. The van der Waals surface area contributed by atoms with Crippen molar-refractivity contribution < 1.29 is 93.0 Å². The van der Waals surface area contributed by atoms with Crippen LogP contribution in [0.25, 0.3) is 0 Å². The lowest BCUT2D eigenvalue weighted by atomic mass is 10.0. The van der Waals surface area contributed by atoms with Gasteiger partial charge in [0.1, 0.15) is 0 Å².